The topological polar surface area (TPSA) is 9.23 Å². The summed E-state index contributed by atoms with van der Waals surface area (Å²) in [5.74, 6) is 0.798. The van der Waals surface area contributed by atoms with Crippen molar-refractivity contribution in [1.29, 1.82) is 0 Å². The average molecular weight is 355 g/mol. The van der Waals surface area contributed by atoms with E-state index in [4.69, 9.17) is 4.74 Å². The molecule has 0 bridgehead atoms. The molecule has 0 aliphatic heterocycles. The highest BCUT2D eigenvalue weighted by molar-refractivity contribution is 4.56. The van der Waals surface area contributed by atoms with Gasteiger partial charge in [0.05, 0.1) is 0 Å². The molecule has 0 saturated carbocycles. The highest BCUT2D eigenvalue weighted by atomic mass is 16.5. The van der Waals surface area contributed by atoms with E-state index in [2.05, 4.69) is 20.8 Å². The van der Waals surface area contributed by atoms with Gasteiger partial charge in [0.2, 0.25) is 0 Å². The van der Waals surface area contributed by atoms with Crippen molar-refractivity contribution in [2.24, 2.45) is 5.92 Å². The number of hydrogen-bond acceptors (Lipinski definition) is 1. The molecule has 25 heavy (non-hydrogen) atoms. The number of rotatable bonds is 21. The third-order valence-electron chi connectivity index (χ3n) is 5.54. The van der Waals surface area contributed by atoms with Crippen molar-refractivity contribution in [3.63, 3.8) is 0 Å². The van der Waals surface area contributed by atoms with Crippen LogP contribution in [0.3, 0.4) is 0 Å². The molecule has 0 radical (unpaired) electrons. The molecule has 0 aromatic carbocycles. The minimum atomic E-state index is 0.798. The zero-order chi connectivity index (χ0) is 18.4. The Morgan fingerprint density at radius 2 is 0.960 bits per heavy atom. The van der Waals surface area contributed by atoms with Gasteiger partial charge in [0, 0.05) is 13.2 Å². The van der Waals surface area contributed by atoms with Crippen molar-refractivity contribution in [2.75, 3.05) is 13.2 Å². The van der Waals surface area contributed by atoms with Crippen LogP contribution in [0.1, 0.15) is 136 Å². The molecule has 0 N–H and O–H groups in total. The van der Waals surface area contributed by atoms with Gasteiger partial charge in [-0.1, -0.05) is 124 Å². The first-order valence-electron chi connectivity index (χ1n) is 11.9. The first-order valence-corrected chi connectivity index (χ1v) is 11.9. The molecule has 152 valence electrons. The van der Waals surface area contributed by atoms with Crippen LogP contribution in [0.25, 0.3) is 0 Å². The summed E-state index contributed by atoms with van der Waals surface area (Å²) in [6.45, 7) is 8.86. The van der Waals surface area contributed by atoms with E-state index in [0.29, 0.717) is 0 Å². The SMILES string of the molecule is CCCCCCCCCCCCCCCCOCC(CC)CCCC. The molecule has 0 rings (SSSR count). The van der Waals surface area contributed by atoms with Crippen LogP contribution in [0.5, 0.6) is 0 Å². The summed E-state index contributed by atoms with van der Waals surface area (Å²) in [4.78, 5) is 0. The van der Waals surface area contributed by atoms with Gasteiger partial charge in [0.1, 0.15) is 0 Å². The molecule has 1 heteroatoms. The van der Waals surface area contributed by atoms with Crippen LogP contribution < -0.4 is 0 Å². The van der Waals surface area contributed by atoms with Crippen LogP contribution in [-0.2, 0) is 4.74 Å². The van der Waals surface area contributed by atoms with Crippen molar-refractivity contribution in [2.45, 2.75) is 136 Å². The van der Waals surface area contributed by atoms with Crippen molar-refractivity contribution in [3.8, 4) is 0 Å². The van der Waals surface area contributed by atoms with Crippen molar-refractivity contribution < 1.29 is 4.74 Å². The zero-order valence-electron chi connectivity index (χ0n) is 18.1. The van der Waals surface area contributed by atoms with Gasteiger partial charge in [-0.3, -0.25) is 0 Å². The fourth-order valence-electron chi connectivity index (χ4n) is 3.55. The van der Waals surface area contributed by atoms with Gasteiger partial charge < -0.3 is 4.74 Å². The largest absolute Gasteiger partial charge is 0.381 e. The van der Waals surface area contributed by atoms with Gasteiger partial charge in [0.15, 0.2) is 0 Å². The Kier molecular flexibility index (Phi) is 22.0. The summed E-state index contributed by atoms with van der Waals surface area (Å²) in [5.41, 5.74) is 0. The summed E-state index contributed by atoms with van der Waals surface area (Å²) in [7, 11) is 0. The third kappa shape index (κ3) is 20.1. The summed E-state index contributed by atoms with van der Waals surface area (Å²) >= 11 is 0. The predicted molar refractivity (Wildman–Crippen MR) is 114 cm³/mol. The lowest BCUT2D eigenvalue weighted by molar-refractivity contribution is 0.0908. The van der Waals surface area contributed by atoms with Crippen molar-refractivity contribution in [1.82, 2.24) is 0 Å². The van der Waals surface area contributed by atoms with Gasteiger partial charge in [-0.25, -0.2) is 0 Å². The first kappa shape index (κ1) is 25.0. The average Bonchev–Trinajstić information content (AvgIpc) is 2.63. The van der Waals surface area contributed by atoms with Crippen LogP contribution in [0.2, 0.25) is 0 Å². The Morgan fingerprint density at radius 1 is 0.520 bits per heavy atom. The minimum absolute atomic E-state index is 0.798. The molecule has 0 spiro atoms. The molecule has 0 fully saturated rings. The standard InChI is InChI=1S/C24H50O/c1-4-7-9-10-11-12-13-14-15-16-17-18-19-20-22-25-23-24(6-3)21-8-5-2/h24H,4-23H2,1-3H3. The molecule has 0 aromatic heterocycles. The lowest BCUT2D eigenvalue weighted by atomic mass is 10.0. The van der Waals surface area contributed by atoms with E-state index in [1.807, 2.05) is 0 Å². The zero-order valence-corrected chi connectivity index (χ0v) is 18.1. The summed E-state index contributed by atoms with van der Waals surface area (Å²) in [6, 6.07) is 0. The molecule has 1 unspecified atom stereocenters. The smallest absolute Gasteiger partial charge is 0.0494 e. The van der Waals surface area contributed by atoms with E-state index in [-0.39, 0.29) is 0 Å². The second kappa shape index (κ2) is 22.0. The van der Waals surface area contributed by atoms with E-state index in [1.54, 1.807) is 0 Å². The second-order valence-electron chi connectivity index (χ2n) is 8.09. The van der Waals surface area contributed by atoms with Gasteiger partial charge >= 0.3 is 0 Å². The fraction of sp³-hybridized carbons (Fsp3) is 1.00. The Morgan fingerprint density at radius 3 is 1.40 bits per heavy atom. The van der Waals surface area contributed by atoms with Crippen LogP contribution in [0.15, 0.2) is 0 Å². The minimum Gasteiger partial charge on any atom is -0.381 e. The lowest BCUT2D eigenvalue weighted by Gasteiger charge is -2.14. The van der Waals surface area contributed by atoms with Crippen LogP contribution in [0, 0.1) is 5.92 Å². The molecular weight excluding hydrogens is 304 g/mol. The maximum Gasteiger partial charge on any atom is 0.0494 e. The van der Waals surface area contributed by atoms with Crippen LogP contribution >= 0.6 is 0 Å². The molecule has 0 heterocycles. The maximum atomic E-state index is 5.89. The van der Waals surface area contributed by atoms with Gasteiger partial charge in [-0.05, 0) is 18.8 Å². The summed E-state index contributed by atoms with van der Waals surface area (Å²) in [5, 5.41) is 0. The molecule has 0 saturated heterocycles. The van der Waals surface area contributed by atoms with E-state index in [9.17, 15) is 0 Å². The monoisotopic (exact) mass is 354 g/mol. The van der Waals surface area contributed by atoms with E-state index < -0.39 is 0 Å². The quantitative estimate of drug-likeness (QED) is 0.187. The Labute approximate surface area is 160 Å². The fourth-order valence-corrected chi connectivity index (χ4v) is 3.55. The van der Waals surface area contributed by atoms with Gasteiger partial charge in [-0.15, -0.1) is 0 Å². The Balaban J connectivity index is 3.11. The first-order chi connectivity index (χ1) is 12.3. The molecule has 0 aliphatic rings. The normalized spacial score (nSPS) is 12.6. The van der Waals surface area contributed by atoms with E-state index >= 15 is 0 Å². The molecule has 0 aliphatic carbocycles. The number of hydrogen-bond donors (Lipinski definition) is 0. The van der Waals surface area contributed by atoms with Gasteiger partial charge in [0.25, 0.3) is 0 Å². The van der Waals surface area contributed by atoms with E-state index in [0.717, 1.165) is 19.1 Å². The summed E-state index contributed by atoms with van der Waals surface area (Å²) in [6.07, 6.45) is 25.3. The van der Waals surface area contributed by atoms with Crippen LogP contribution in [0.4, 0.5) is 0 Å². The lowest BCUT2D eigenvalue weighted by Crippen LogP contribution is -2.09. The Bertz CT molecular complexity index is 226. The molecule has 1 atom stereocenters. The van der Waals surface area contributed by atoms with Crippen molar-refractivity contribution in [3.05, 3.63) is 0 Å². The number of ether oxygens (including phenoxy) is 1. The number of unbranched alkanes of at least 4 members (excludes halogenated alkanes) is 14. The maximum absolute atomic E-state index is 5.89. The molecular formula is C24H50O. The third-order valence-corrected chi connectivity index (χ3v) is 5.54. The van der Waals surface area contributed by atoms with Crippen molar-refractivity contribution >= 4 is 0 Å². The second-order valence-corrected chi connectivity index (χ2v) is 8.09. The van der Waals surface area contributed by atoms with Crippen LogP contribution in [-0.4, -0.2) is 13.2 Å². The predicted octanol–water partition coefficient (Wildman–Crippen LogP) is 8.70. The highest BCUT2D eigenvalue weighted by Crippen LogP contribution is 2.14. The molecule has 1 nitrogen and oxygen atoms in total. The van der Waals surface area contributed by atoms with E-state index in [1.165, 1.54) is 116 Å². The molecule has 0 amide bonds. The summed E-state index contributed by atoms with van der Waals surface area (Å²) < 4.78 is 5.89. The Hall–Kier alpha value is -0.0400. The van der Waals surface area contributed by atoms with Gasteiger partial charge in [-0.2, -0.15) is 0 Å². The molecule has 0 aromatic rings. The highest BCUT2D eigenvalue weighted by Gasteiger charge is 2.05.